The van der Waals surface area contributed by atoms with Crippen LogP contribution >= 0.6 is 0 Å². The van der Waals surface area contributed by atoms with E-state index in [4.69, 9.17) is 4.42 Å². The first-order chi connectivity index (χ1) is 12.6. The summed E-state index contributed by atoms with van der Waals surface area (Å²) in [5.41, 5.74) is 5.64. The molecule has 3 aromatic carbocycles. The molecule has 1 heterocycles. The second-order valence-corrected chi connectivity index (χ2v) is 7.83. The maximum atomic E-state index is 6.00. The Kier molecular flexibility index (Phi) is 3.33. The van der Waals surface area contributed by atoms with Gasteiger partial charge in [-0.15, -0.1) is 0 Å². The van der Waals surface area contributed by atoms with Gasteiger partial charge in [-0.25, -0.2) is 0 Å². The van der Waals surface area contributed by atoms with Crippen LogP contribution in [0.15, 0.2) is 77.2 Å². The Bertz CT molecular complexity index is 1120. The third-order valence-electron chi connectivity index (χ3n) is 5.82. The molecule has 1 atom stereocenters. The van der Waals surface area contributed by atoms with Crippen molar-refractivity contribution in [2.75, 3.05) is 0 Å². The normalized spacial score (nSPS) is 19.0. The lowest BCUT2D eigenvalue weighted by molar-refractivity contribution is 0.362. The molecule has 1 aliphatic rings. The highest BCUT2D eigenvalue weighted by atomic mass is 16.3. The van der Waals surface area contributed by atoms with Crippen LogP contribution in [0.1, 0.15) is 29.6 Å². The molecule has 0 N–H and O–H groups in total. The lowest BCUT2D eigenvalue weighted by Gasteiger charge is -2.20. The van der Waals surface area contributed by atoms with Gasteiger partial charge < -0.3 is 4.42 Å². The summed E-state index contributed by atoms with van der Waals surface area (Å²) in [6, 6.07) is 26.3. The monoisotopic (exact) mass is 338 g/mol. The standard InChI is InChI=1S/C25H22O/c1-17-10-13-24(26-17)25(2)15-21-8-5-9-22(23(21)16-25)20-12-11-18-6-3-4-7-19(18)14-20/h3-14H,15-16H2,1-2H3. The maximum absolute atomic E-state index is 6.00. The van der Waals surface area contributed by atoms with Gasteiger partial charge in [-0.05, 0) is 71.0 Å². The van der Waals surface area contributed by atoms with Crippen LogP contribution in [0.4, 0.5) is 0 Å². The summed E-state index contributed by atoms with van der Waals surface area (Å²) in [4.78, 5) is 0. The van der Waals surface area contributed by atoms with E-state index >= 15 is 0 Å². The zero-order valence-corrected chi connectivity index (χ0v) is 15.3. The van der Waals surface area contributed by atoms with E-state index in [0.717, 1.165) is 24.4 Å². The first kappa shape index (κ1) is 15.5. The molecule has 1 aliphatic carbocycles. The first-order valence-corrected chi connectivity index (χ1v) is 9.29. The Labute approximate surface area is 154 Å². The number of aryl methyl sites for hydroxylation is 1. The van der Waals surface area contributed by atoms with E-state index in [2.05, 4.69) is 79.7 Å². The minimum atomic E-state index is 0.0452. The summed E-state index contributed by atoms with van der Waals surface area (Å²) in [5, 5.41) is 2.59. The van der Waals surface area contributed by atoms with Gasteiger partial charge in [0.05, 0.1) is 0 Å². The fourth-order valence-corrected chi connectivity index (χ4v) is 4.44. The molecule has 0 bridgehead atoms. The minimum Gasteiger partial charge on any atom is -0.466 e. The Morgan fingerprint density at radius 2 is 1.65 bits per heavy atom. The van der Waals surface area contributed by atoms with Crippen LogP contribution < -0.4 is 0 Å². The molecule has 0 radical (unpaired) electrons. The van der Waals surface area contributed by atoms with Gasteiger partial charge in [0.25, 0.3) is 0 Å². The average molecular weight is 338 g/mol. The quantitative estimate of drug-likeness (QED) is 0.408. The Hall–Kier alpha value is -2.80. The molecule has 1 heteroatoms. The van der Waals surface area contributed by atoms with E-state index in [-0.39, 0.29) is 5.41 Å². The van der Waals surface area contributed by atoms with E-state index in [1.54, 1.807) is 0 Å². The van der Waals surface area contributed by atoms with E-state index < -0.39 is 0 Å². The maximum Gasteiger partial charge on any atom is 0.110 e. The van der Waals surface area contributed by atoms with Crippen LogP contribution in [0, 0.1) is 6.92 Å². The smallest absolute Gasteiger partial charge is 0.110 e. The second-order valence-electron chi connectivity index (χ2n) is 7.83. The molecule has 0 fully saturated rings. The van der Waals surface area contributed by atoms with Crippen LogP contribution in [0.3, 0.4) is 0 Å². The van der Waals surface area contributed by atoms with Crippen LogP contribution in [0.25, 0.3) is 21.9 Å². The van der Waals surface area contributed by atoms with Crippen molar-refractivity contribution in [2.24, 2.45) is 0 Å². The van der Waals surface area contributed by atoms with Crippen molar-refractivity contribution in [3.05, 3.63) is 95.4 Å². The molecule has 1 unspecified atom stereocenters. The van der Waals surface area contributed by atoms with Crippen molar-refractivity contribution in [1.82, 2.24) is 0 Å². The van der Waals surface area contributed by atoms with Gasteiger partial charge in [0, 0.05) is 5.41 Å². The average Bonchev–Trinajstić information content (AvgIpc) is 3.24. The molecule has 0 aliphatic heterocycles. The third-order valence-corrected chi connectivity index (χ3v) is 5.82. The number of benzene rings is 3. The SMILES string of the molecule is Cc1ccc(C2(C)Cc3cccc(-c4ccc5ccccc5c4)c3C2)o1. The number of fused-ring (bicyclic) bond motifs is 2. The molecule has 128 valence electrons. The predicted molar refractivity (Wildman–Crippen MR) is 108 cm³/mol. The number of furan rings is 1. The zero-order valence-electron chi connectivity index (χ0n) is 15.3. The summed E-state index contributed by atoms with van der Waals surface area (Å²) in [7, 11) is 0. The lowest BCUT2D eigenvalue weighted by Crippen LogP contribution is -2.21. The van der Waals surface area contributed by atoms with Crippen LogP contribution in [-0.4, -0.2) is 0 Å². The fraction of sp³-hybridized carbons (Fsp3) is 0.200. The molecule has 5 rings (SSSR count). The van der Waals surface area contributed by atoms with E-state index in [1.165, 1.54) is 33.0 Å². The van der Waals surface area contributed by atoms with Gasteiger partial charge in [-0.1, -0.05) is 61.5 Å². The van der Waals surface area contributed by atoms with Crippen LogP contribution in [-0.2, 0) is 18.3 Å². The van der Waals surface area contributed by atoms with Crippen molar-refractivity contribution in [3.63, 3.8) is 0 Å². The number of hydrogen-bond donors (Lipinski definition) is 0. The molecule has 26 heavy (non-hydrogen) atoms. The first-order valence-electron chi connectivity index (χ1n) is 9.29. The van der Waals surface area contributed by atoms with E-state index in [1.807, 2.05) is 6.92 Å². The minimum absolute atomic E-state index is 0.0452. The summed E-state index contributed by atoms with van der Waals surface area (Å²) in [6.45, 7) is 4.35. The van der Waals surface area contributed by atoms with Gasteiger partial charge in [0.1, 0.15) is 11.5 Å². The Morgan fingerprint density at radius 3 is 2.46 bits per heavy atom. The molecule has 0 saturated carbocycles. The summed E-state index contributed by atoms with van der Waals surface area (Å²) in [5.74, 6) is 2.10. The van der Waals surface area contributed by atoms with Crippen molar-refractivity contribution < 1.29 is 4.42 Å². The highest BCUT2D eigenvalue weighted by Gasteiger charge is 2.38. The van der Waals surface area contributed by atoms with Gasteiger partial charge >= 0.3 is 0 Å². The fourth-order valence-electron chi connectivity index (χ4n) is 4.44. The van der Waals surface area contributed by atoms with Gasteiger partial charge in [-0.2, -0.15) is 0 Å². The molecule has 1 nitrogen and oxygen atoms in total. The van der Waals surface area contributed by atoms with Crippen molar-refractivity contribution in [3.8, 4) is 11.1 Å². The largest absolute Gasteiger partial charge is 0.466 e. The summed E-state index contributed by atoms with van der Waals surface area (Å²) >= 11 is 0. The van der Waals surface area contributed by atoms with Gasteiger partial charge in [0.2, 0.25) is 0 Å². The van der Waals surface area contributed by atoms with E-state index in [9.17, 15) is 0 Å². The topological polar surface area (TPSA) is 13.1 Å². The predicted octanol–water partition coefficient (Wildman–Crippen LogP) is 6.46. The van der Waals surface area contributed by atoms with E-state index in [0.29, 0.717) is 0 Å². The highest BCUT2D eigenvalue weighted by Crippen LogP contribution is 2.44. The Morgan fingerprint density at radius 1 is 0.808 bits per heavy atom. The molecule has 0 amide bonds. The molecular weight excluding hydrogens is 316 g/mol. The third kappa shape index (κ3) is 2.39. The molecule has 0 spiro atoms. The zero-order chi connectivity index (χ0) is 17.7. The summed E-state index contributed by atoms with van der Waals surface area (Å²) < 4.78 is 6.00. The van der Waals surface area contributed by atoms with Crippen molar-refractivity contribution in [2.45, 2.75) is 32.1 Å². The molecular formula is C25H22O. The van der Waals surface area contributed by atoms with Gasteiger partial charge in [0.15, 0.2) is 0 Å². The highest BCUT2D eigenvalue weighted by molar-refractivity contribution is 5.88. The second kappa shape index (κ2) is 5.60. The van der Waals surface area contributed by atoms with Crippen LogP contribution in [0.2, 0.25) is 0 Å². The lowest BCUT2D eigenvalue weighted by atomic mass is 9.84. The molecule has 4 aromatic rings. The summed E-state index contributed by atoms with van der Waals surface area (Å²) in [6.07, 6.45) is 2.06. The van der Waals surface area contributed by atoms with Crippen LogP contribution in [0.5, 0.6) is 0 Å². The Balaban J connectivity index is 1.61. The molecule has 1 aromatic heterocycles. The van der Waals surface area contributed by atoms with Crippen molar-refractivity contribution >= 4 is 10.8 Å². The number of rotatable bonds is 2. The van der Waals surface area contributed by atoms with Gasteiger partial charge in [-0.3, -0.25) is 0 Å². The molecule has 0 saturated heterocycles. The number of hydrogen-bond acceptors (Lipinski definition) is 1. The van der Waals surface area contributed by atoms with Crippen molar-refractivity contribution in [1.29, 1.82) is 0 Å².